The van der Waals surface area contributed by atoms with Crippen molar-refractivity contribution >= 4 is 27.2 Å². The lowest BCUT2D eigenvalue weighted by molar-refractivity contribution is 0.600. The van der Waals surface area contributed by atoms with Crippen LogP contribution in [0.1, 0.15) is 12.6 Å². The minimum atomic E-state index is -3.57. The Hall–Kier alpha value is -1.41. The summed E-state index contributed by atoms with van der Waals surface area (Å²) in [6.07, 6.45) is 3.00. The van der Waals surface area contributed by atoms with E-state index in [0.29, 0.717) is 17.9 Å². The van der Waals surface area contributed by atoms with E-state index in [1.54, 1.807) is 17.0 Å². The molecule has 2 heterocycles. The average molecular weight is 272 g/mol. The summed E-state index contributed by atoms with van der Waals surface area (Å²) in [4.78, 5) is 0.200. The Kier molecular flexibility index (Phi) is 3.16. The third kappa shape index (κ3) is 2.47. The Morgan fingerprint density at radius 3 is 2.82 bits per heavy atom. The first-order valence-electron chi connectivity index (χ1n) is 4.99. The van der Waals surface area contributed by atoms with Crippen LogP contribution in [-0.4, -0.2) is 22.6 Å². The molecule has 0 saturated heterocycles. The second-order valence-corrected chi connectivity index (χ2v) is 5.76. The zero-order chi connectivity index (χ0) is 12.5. The number of rotatable bonds is 4. The van der Waals surface area contributed by atoms with Crippen LogP contribution in [0.2, 0.25) is 0 Å². The molecule has 6 nitrogen and oxygen atoms in total. The highest BCUT2D eigenvalue weighted by Gasteiger charge is 2.20. The molecule has 0 spiro atoms. The SMILES string of the molecule is CCn1cc(S(=O)(=O)Nc2cnsc2)c(C)n1. The zero-order valence-electron chi connectivity index (χ0n) is 9.41. The Balaban J connectivity index is 2.34. The molecule has 0 aromatic carbocycles. The average Bonchev–Trinajstić information content (AvgIpc) is 2.86. The molecule has 2 aromatic rings. The fourth-order valence-electron chi connectivity index (χ4n) is 1.39. The molecule has 17 heavy (non-hydrogen) atoms. The van der Waals surface area contributed by atoms with Crippen molar-refractivity contribution in [1.82, 2.24) is 14.2 Å². The van der Waals surface area contributed by atoms with Gasteiger partial charge in [-0.3, -0.25) is 9.40 Å². The highest BCUT2D eigenvalue weighted by Crippen LogP contribution is 2.18. The van der Waals surface area contributed by atoms with E-state index in [4.69, 9.17) is 0 Å². The van der Waals surface area contributed by atoms with E-state index in [1.165, 1.54) is 23.9 Å². The molecule has 0 aliphatic rings. The van der Waals surface area contributed by atoms with Crippen molar-refractivity contribution in [3.05, 3.63) is 23.5 Å². The lowest BCUT2D eigenvalue weighted by Gasteiger charge is -2.03. The molecule has 0 amide bonds. The largest absolute Gasteiger partial charge is 0.277 e. The molecule has 2 aromatic heterocycles. The van der Waals surface area contributed by atoms with Gasteiger partial charge in [-0.15, -0.1) is 0 Å². The van der Waals surface area contributed by atoms with E-state index in [0.717, 1.165) is 0 Å². The minimum absolute atomic E-state index is 0.200. The van der Waals surface area contributed by atoms with E-state index >= 15 is 0 Å². The Morgan fingerprint density at radius 2 is 2.29 bits per heavy atom. The van der Waals surface area contributed by atoms with Crippen LogP contribution < -0.4 is 4.72 Å². The van der Waals surface area contributed by atoms with Gasteiger partial charge in [-0.1, -0.05) is 0 Å². The van der Waals surface area contributed by atoms with Gasteiger partial charge in [0.05, 0.1) is 17.6 Å². The fraction of sp³-hybridized carbons (Fsp3) is 0.333. The summed E-state index contributed by atoms with van der Waals surface area (Å²) in [5.74, 6) is 0. The predicted molar refractivity (Wildman–Crippen MR) is 65.6 cm³/mol. The van der Waals surface area contributed by atoms with Gasteiger partial charge in [0.15, 0.2) is 0 Å². The maximum atomic E-state index is 12.1. The van der Waals surface area contributed by atoms with E-state index in [-0.39, 0.29) is 4.90 Å². The first-order chi connectivity index (χ1) is 8.03. The Morgan fingerprint density at radius 1 is 1.53 bits per heavy atom. The summed E-state index contributed by atoms with van der Waals surface area (Å²) in [6, 6.07) is 0. The smallest absolute Gasteiger partial charge is 0.265 e. The molecule has 0 fully saturated rings. The van der Waals surface area contributed by atoms with Crippen molar-refractivity contribution in [3.8, 4) is 0 Å². The number of nitrogens with one attached hydrogen (secondary N) is 1. The van der Waals surface area contributed by atoms with E-state index < -0.39 is 10.0 Å². The highest BCUT2D eigenvalue weighted by atomic mass is 32.2. The summed E-state index contributed by atoms with van der Waals surface area (Å²) >= 11 is 1.19. The summed E-state index contributed by atoms with van der Waals surface area (Å²) in [6.45, 7) is 4.21. The number of nitrogens with zero attached hydrogens (tertiary/aromatic N) is 3. The van der Waals surface area contributed by atoms with E-state index in [9.17, 15) is 8.42 Å². The van der Waals surface area contributed by atoms with Crippen molar-refractivity contribution in [3.63, 3.8) is 0 Å². The number of hydrogen-bond donors (Lipinski definition) is 1. The number of hydrogen-bond acceptors (Lipinski definition) is 5. The van der Waals surface area contributed by atoms with Gasteiger partial charge in [0.2, 0.25) is 0 Å². The molecule has 2 rings (SSSR count). The molecule has 0 aliphatic heterocycles. The van der Waals surface area contributed by atoms with Gasteiger partial charge in [-0.25, -0.2) is 8.42 Å². The predicted octanol–water partition coefficient (Wildman–Crippen LogP) is 1.47. The van der Waals surface area contributed by atoms with Gasteiger partial charge >= 0.3 is 0 Å². The number of aromatic nitrogens is 3. The van der Waals surface area contributed by atoms with Crippen LogP contribution in [0.4, 0.5) is 5.69 Å². The Labute approximate surface area is 104 Å². The maximum Gasteiger partial charge on any atom is 0.265 e. The lowest BCUT2D eigenvalue weighted by Crippen LogP contribution is -2.12. The number of aryl methyl sites for hydroxylation is 2. The second-order valence-electron chi connectivity index (χ2n) is 3.45. The molecule has 0 radical (unpaired) electrons. The molecule has 0 saturated carbocycles. The normalized spacial score (nSPS) is 11.6. The summed E-state index contributed by atoms with van der Waals surface area (Å²) in [7, 11) is -3.57. The fourth-order valence-corrected chi connectivity index (χ4v) is 3.16. The van der Waals surface area contributed by atoms with Gasteiger partial charge < -0.3 is 0 Å². The van der Waals surface area contributed by atoms with Crippen molar-refractivity contribution in [1.29, 1.82) is 0 Å². The number of sulfonamides is 1. The molecule has 92 valence electrons. The van der Waals surface area contributed by atoms with Crippen LogP contribution in [-0.2, 0) is 16.6 Å². The molecule has 0 atom stereocenters. The van der Waals surface area contributed by atoms with E-state index in [2.05, 4.69) is 14.2 Å². The molecule has 0 unspecified atom stereocenters. The van der Waals surface area contributed by atoms with Crippen molar-refractivity contribution in [2.24, 2.45) is 0 Å². The van der Waals surface area contributed by atoms with Gasteiger partial charge in [0.1, 0.15) is 4.90 Å². The molecule has 0 aliphatic carbocycles. The standard InChI is InChI=1S/C9H12N4O2S2/c1-3-13-5-9(7(2)11-13)17(14,15)12-8-4-10-16-6-8/h4-6,12H,3H2,1-2H3. The molecule has 1 N–H and O–H groups in total. The molecule has 8 heteroatoms. The lowest BCUT2D eigenvalue weighted by atomic mass is 10.5. The van der Waals surface area contributed by atoms with Gasteiger partial charge in [0, 0.05) is 18.1 Å². The molecular formula is C9H12N4O2S2. The highest BCUT2D eigenvalue weighted by molar-refractivity contribution is 7.92. The monoisotopic (exact) mass is 272 g/mol. The van der Waals surface area contributed by atoms with Crippen LogP contribution in [0, 0.1) is 6.92 Å². The topological polar surface area (TPSA) is 76.9 Å². The molecular weight excluding hydrogens is 260 g/mol. The van der Waals surface area contributed by atoms with Crippen LogP contribution in [0.25, 0.3) is 0 Å². The van der Waals surface area contributed by atoms with Crippen LogP contribution in [0.3, 0.4) is 0 Å². The van der Waals surface area contributed by atoms with Crippen molar-refractivity contribution in [2.45, 2.75) is 25.3 Å². The summed E-state index contributed by atoms with van der Waals surface area (Å²) in [5.41, 5.74) is 0.959. The van der Waals surface area contributed by atoms with Crippen LogP contribution in [0.15, 0.2) is 22.7 Å². The minimum Gasteiger partial charge on any atom is -0.277 e. The second kappa shape index (κ2) is 4.46. The summed E-state index contributed by atoms with van der Waals surface area (Å²) < 4.78 is 32.0. The van der Waals surface area contributed by atoms with Crippen LogP contribution >= 0.6 is 11.5 Å². The van der Waals surface area contributed by atoms with Gasteiger partial charge in [0.25, 0.3) is 10.0 Å². The maximum absolute atomic E-state index is 12.1. The third-order valence-electron chi connectivity index (χ3n) is 2.20. The summed E-state index contributed by atoms with van der Waals surface area (Å²) in [5, 5.41) is 5.75. The third-order valence-corrected chi connectivity index (χ3v) is 4.27. The van der Waals surface area contributed by atoms with Crippen molar-refractivity contribution in [2.75, 3.05) is 4.72 Å². The quantitative estimate of drug-likeness (QED) is 0.914. The van der Waals surface area contributed by atoms with Gasteiger partial charge in [-0.2, -0.15) is 9.47 Å². The zero-order valence-corrected chi connectivity index (χ0v) is 11.0. The van der Waals surface area contributed by atoms with E-state index in [1.807, 2.05) is 6.92 Å². The first kappa shape index (κ1) is 12.1. The van der Waals surface area contributed by atoms with Crippen LogP contribution in [0.5, 0.6) is 0 Å². The van der Waals surface area contributed by atoms with Gasteiger partial charge in [-0.05, 0) is 25.4 Å². The molecule has 0 bridgehead atoms. The first-order valence-corrected chi connectivity index (χ1v) is 7.31. The van der Waals surface area contributed by atoms with Crippen molar-refractivity contribution < 1.29 is 8.42 Å². The number of anilines is 1. The Bertz CT molecular complexity index is 601.